The zero-order chi connectivity index (χ0) is 18.1. The molecule has 126 valence electrons. The number of nitrogens with two attached hydrogens (primary N) is 1. The Morgan fingerprint density at radius 1 is 1.26 bits per heavy atom. The molecule has 1 aromatic rings. The van der Waals surface area contributed by atoms with Gasteiger partial charge in [0, 0.05) is 5.70 Å². The molecule has 1 heterocycles. The first-order valence-corrected chi connectivity index (χ1v) is 5.75. The molecule has 0 aliphatic carbocycles. The summed E-state index contributed by atoms with van der Waals surface area (Å²) in [4.78, 5) is 11.7. The van der Waals surface area contributed by atoms with Gasteiger partial charge in [-0.15, -0.1) is 0 Å². The average molecular weight is 341 g/mol. The molecule has 23 heavy (non-hydrogen) atoms. The molecule has 5 nitrogen and oxygen atoms in total. The van der Waals surface area contributed by atoms with E-state index in [2.05, 4.69) is 4.42 Å². The fraction of sp³-hybridized carbons (Fsp3) is 0.333. The molecule has 0 saturated carbocycles. The van der Waals surface area contributed by atoms with Gasteiger partial charge in [0.1, 0.15) is 0 Å². The van der Waals surface area contributed by atoms with Gasteiger partial charge < -0.3 is 15.5 Å². The number of alkyl halides is 6. The van der Waals surface area contributed by atoms with Crippen molar-refractivity contribution in [3.8, 4) is 6.07 Å². The molecule has 11 heteroatoms. The second kappa shape index (κ2) is 5.86. The molecule has 0 aromatic carbocycles. The molecule has 0 saturated heterocycles. The van der Waals surface area contributed by atoms with Gasteiger partial charge in [-0.2, -0.15) is 31.6 Å². The Morgan fingerprint density at radius 3 is 2.09 bits per heavy atom. The lowest BCUT2D eigenvalue weighted by Gasteiger charge is -2.37. The molecule has 1 amide bonds. The average Bonchev–Trinajstić information content (AvgIpc) is 2.88. The van der Waals surface area contributed by atoms with E-state index in [0.717, 1.165) is 29.8 Å². The van der Waals surface area contributed by atoms with Crippen LogP contribution < -0.4 is 11.1 Å². The van der Waals surface area contributed by atoms with E-state index in [9.17, 15) is 31.1 Å². The lowest BCUT2D eigenvalue weighted by molar-refractivity contribution is -0.289. The van der Waals surface area contributed by atoms with Crippen LogP contribution in [0.1, 0.15) is 17.5 Å². The second-order valence-electron chi connectivity index (χ2n) is 4.35. The fourth-order valence-electron chi connectivity index (χ4n) is 1.76. The Morgan fingerprint density at radius 2 is 1.78 bits per heavy atom. The van der Waals surface area contributed by atoms with Crippen LogP contribution in [0.2, 0.25) is 0 Å². The molecule has 0 bridgehead atoms. The van der Waals surface area contributed by atoms with Gasteiger partial charge in [0.15, 0.2) is 5.76 Å². The van der Waals surface area contributed by atoms with Crippen molar-refractivity contribution in [1.82, 2.24) is 5.32 Å². The number of allylic oxidation sites excluding steroid dienone is 1. The van der Waals surface area contributed by atoms with Crippen LogP contribution in [0.5, 0.6) is 0 Å². The maximum absolute atomic E-state index is 13.3. The molecule has 0 atom stereocenters. The lowest BCUT2D eigenvalue weighted by Crippen LogP contribution is -2.68. The number of nitrogens with one attached hydrogen (secondary N) is 1. The van der Waals surface area contributed by atoms with E-state index >= 15 is 0 Å². The van der Waals surface area contributed by atoms with Gasteiger partial charge >= 0.3 is 12.4 Å². The normalized spacial score (nSPS) is 14.0. The summed E-state index contributed by atoms with van der Waals surface area (Å²) < 4.78 is 84.1. The first kappa shape index (κ1) is 18.4. The molecular weight excluding hydrogens is 332 g/mol. The standard InChI is InChI=1S/C12H9F6N3O2/c1-6(20)7(5-19)10(11(13,14)15,12(16,17)18)21-9(22)8-3-2-4-23-8/h2-4H,20H2,1H3,(H,21,22). The summed E-state index contributed by atoms with van der Waals surface area (Å²) in [6.07, 6.45) is -11.3. The second-order valence-corrected chi connectivity index (χ2v) is 4.35. The maximum Gasteiger partial charge on any atom is 0.425 e. The van der Waals surface area contributed by atoms with Crippen LogP contribution in [0, 0.1) is 11.3 Å². The van der Waals surface area contributed by atoms with Crippen LogP contribution >= 0.6 is 0 Å². The topological polar surface area (TPSA) is 92.0 Å². The summed E-state index contributed by atoms with van der Waals surface area (Å²) >= 11 is 0. The smallest absolute Gasteiger partial charge is 0.425 e. The summed E-state index contributed by atoms with van der Waals surface area (Å²) in [5.41, 5.74) is -2.87. The van der Waals surface area contributed by atoms with Crippen molar-refractivity contribution in [2.75, 3.05) is 0 Å². The van der Waals surface area contributed by atoms with Crippen molar-refractivity contribution < 1.29 is 35.6 Å². The number of carbonyl (C=O) groups excluding carboxylic acids is 1. The molecule has 0 aliphatic heterocycles. The van der Waals surface area contributed by atoms with Crippen LogP contribution in [0.3, 0.4) is 0 Å². The third-order valence-corrected chi connectivity index (χ3v) is 2.78. The Balaban J connectivity index is 3.63. The first-order valence-electron chi connectivity index (χ1n) is 5.75. The number of rotatable bonds is 3. The van der Waals surface area contributed by atoms with Crippen LogP contribution in [-0.4, -0.2) is 23.8 Å². The monoisotopic (exact) mass is 341 g/mol. The molecule has 0 spiro atoms. The number of halogens is 6. The van der Waals surface area contributed by atoms with Gasteiger partial charge in [0.25, 0.3) is 11.4 Å². The Labute approximate surface area is 125 Å². The zero-order valence-corrected chi connectivity index (χ0v) is 11.3. The number of hydrogen-bond donors (Lipinski definition) is 2. The molecule has 1 aromatic heterocycles. The van der Waals surface area contributed by atoms with Gasteiger partial charge in [0.2, 0.25) is 0 Å². The highest BCUT2D eigenvalue weighted by Gasteiger charge is 2.74. The quantitative estimate of drug-likeness (QED) is 0.653. The number of amides is 1. The molecule has 0 fully saturated rings. The van der Waals surface area contributed by atoms with E-state index < -0.39 is 40.8 Å². The van der Waals surface area contributed by atoms with Crippen LogP contribution in [0.25, 0.3) is 0 Å². The summed E-state index contributed by atoms with van der Waals surface area (Å²) in [5.74, 6) is -2.60. The van der Waals surface area contributed by atoms with E-state index in [4.69, 9.17) is 11.0 Å². The van der Waals surface area contributed by atoms with Crippen molar-refractivity contribution >= 4 is 5.91 Å². The van der Waals surface area contributed by atoms with Gasteiger partial charge in [-0.1, -0.05) is 0 Å². The minimum atomic E-state index is -6.08. The number of furan rings is 1. The van der Waals surface area contributed by atoms with Crippen molar-refractivity contribution in [3.05, 3.63) is 35.4 Å². The van der Waals surface area contributed by atoms with Crippen LogP contribution in [-0.2, 0) is 0 Å². The van der Waals surface area contributed by atoms with Crippen molar-refractivity contribution in [3.63, 3.8) is 0 Å². The van der Waals surface area contributed by atoms with Crippen molar-refractivity contribution in [2.24, 2.45) is 5.73 Å². The summed E-state index contributed by atoms with van der Waals surface area (Å²) in [6.45, 7) is 0.684. The van der Waals surface area contributed by atoms with E-state index in [-0.39, 0.29) is 0 Å². The summed E-state index contributed by atoms with van der Waals surface area (Å²) in [6, 6.07) is 2.72. The van der Waals surface area contributed by atoms with Gasteiger partial charge in [-0.05, 0) is 19.1 Å². The maximum atomic E-state index is 13.3. The highest BCUT2D eigenvalue weighted by Crippen LogP contribution is 2.48. The minimum Gasteiger partial charge on any atom is -0.459 e. The highest BCUT2D eigenvalue weighted by molar-refractivity contribution is 5.92. The van der Waals surface area contributed by atoms with E-state index in [1.165, 1.54) is 0 Å². The highest BCUT2D eigenvalue weighted by atomic mass is 19.4. The molecule has 0 radical (unpaired) electrons. The SMILES string of the molecule is CC(N)=C(C#N)C(NC(=O)c1ccco1)(C(F)(F)F)C(F)(F)F. The third-order valence-electron chi connectivity index (χ3n) is 2.78. The van der Waals surface area contributed by atoms with Crippen molar-refractivity contribution in [1.29, 1.82) is 5.26 Å². The van der Waals surface area contributed by atoms with E-state index in [1.807, 2.05) is 0 Å². The van der Waals surface area contributed by atoms with Crippen molar-refractivity contribution in [2.45, 2.75) is 24.8 Å². The summed E-state index contributed by atoms with van der Waals surface area (Å²) in [5, 5.41) is 9.54. The molecule has 0 aliphatic rings. The summed E-state index contributed by atoms with van der Waals surface area (Å²) in [7, 11) is 0. The van der Waals surface area contributed by atoms with E-state index in [0.29, 0.717) is 6.92 Å². The number of nitrogens with zero attached hydrogens (tertiary/aromatic N) is 1. The molecule has 0 unspecified atom stereocenters. The van der Waals surface area contributed by atoms with Crippen LogP contribution in [0.4, 0.5) is 26.3 Å². The van der Waals surface area contributed by atoms with Gasteiger partial charge in [-0.3, -0.25) is 4.79 Å². The number of hydrogen-bond acceptors (Lipinski definition) is 4. The molecule has 3 N–H and O–H groups in total. The fourth-order valence-corrected chi connectivity index (χ4v) is 1.76. The largest absolute Gasteiger partial charge is 0.459 e. The predicted molar refractivity (Wildman–Crippen MR) is 63.5 cm³/mol. The Bertz CT molecular complexity index is 634. The number of carbonyl (C=O) groups is 1. The van der Waals surface area contributed by atoms with Gasteiger partial charge in [0.05, 0.1) is 17.9 Å². The Kier molecular flexibility index (Phi) is 4.69. The van der Waals surface area contributed by atoms with Gasteiger partial charge in [-0.25, -0.2) is 0 Å². The lowest BCUT2D eigenvalue weighted by atomic mass is 9.86. The minimum absolute atomic E-state index is 0.684. The third kappa shape index (κ3) is 3.10. The van der Waals surface area contributed by atoms with Crippen LogP contribution in [0.15, 0.2) is 34.1 Å². The van der Waals surface area contributed by atoms with E-state index in [1.54, 1.807) is 0 Å². The zero-order valence-electron chi connectivity index (χ0n) is 11.3. The number of nitriles is 1. The predicted octanol–water partition coefficient (Wildman–Crippen LogP) is 2.63. The molecular formula is C12H9F6N3O2. The Hall–Kier alpha value is -2.64. The first-order chi connectivity index (χ1) is 10.4. The molecule has 1 rings (SSSR count).